The Hall–Kier alpha value is -3.87. The van der Waals surface area contributed by atoms with Gasteiger partial charge in [0.25, 0.3) is 0 Å². The SMILES string of the molecule is C.C.CCc1ccc2c(c1)c(Br)cc1c3ccccc3n(C)c21.CCc1ccc2c(ccc3c4ccccc4n(C)c23)c1.[B]=NS. The van der Waals surface area contributed by atoms with E-state index in [0.717, 1.165) is 12.8 Å². The van der Waals surface area contributed by atoms with Gasteiger partial charge in [-0.3, -0.25) is 0 Å². The normalized spacial score (nSPS) is 10.7. The van der Waals surface area contributed by atoms with Crippen molar-refractivity contribution in [2.45, 2.75) is 41.5 Å². The average Bonchev–Trinajstić information content (AvgIpc) is 3.52. The first kappa shape index (κ1) is 35.0. The number of aryl methyl sites for hydroxylation is 4. The quantitative estimate of drug-likeness (QED) is 0.138. The number of halogens is 1. The van der Waals surface area contributed by atoms with Crippen LogP contribution in [-0.2, 0) is 26.9 Å². The first-order valence-corrected chi connectivity index (χ1v) is 16.1. The second-order valence-corrected chi connectivity index (χ2v) is 12.2. The Labute approximate surface area is 288 Å². The van der Waals surface area contributed by atoms with Crippen molar-refractivity contribution in [3.05, 3.63) is 119 Å². The van der Waals surface area contributed by atoms with Gasteiger partial charge in [0.15, 0.2) is 0 Å². The Bertz CT molecular complexity index is 2330. The van der Waals surface area contributed by atoms with Crippen LogP contribution in [0.1, 0.15) is 39.8 Å². The van der Waals surface area contributed by atoms with E-state index >= 15 is 0 Å². The second-order valence-electron chi connectivity index (χ2n) is 11.1. The third-order valence-corrected chi connectivity index (χ3v) is 9.43. The van der Waals surface area contributed by atoms with Crippen LogP contribution in [0.3, 0.4) is 0 Å². The van der Waals surface area contributed by atoms with Gasteiger partial charge < -0.3 is 9.13 Å². The topological polar surface area (TPSA) is 22.2 Å². The molecule has 46 heavy (non-hydrogen) atoms. The molecular formula is C40H42BBrN3S. The molecule has 0 aliphatic rings. The molecule has 1 radical (unpaired) electrons. The molecule has 0 aliphatic carbocycles. The van der Waals surface area contributed by atoms with E-state index in [-0.39, 0.29) is 14.9 Å². The Kier molecular flexibility index (Phi) is 11.2. The predicted molar refractivity (Wildman–Crippen MR) is 213 cm³/mol. The van der Waals surface area contributed by atoms with Gasteiger partial charge in [0.2, 0.25) is 0 Å². The minimum atomic E-state index is 0. The van der Waals surface area contributed by atoms with Crippen molar-refractivity contribution in [3.8, 4) is 0 Å². The van der Waals surface area contributed by atoms with Gasteiger partial charge in [-0.05, 0) is 59.0 Å². The number of aromatic nitrogens is 2. The number of hydrogen-bond donors (Lipinski definition) is 1. The monoisotopic (exact) mass is 686 g/mol. The molecule has 0 unspecified atom stereocenters. The summed E-state index contributed by atoms with van der Waals surface area (Å²) >= 11 is 6.96. The summed E-state index contributed by atoms with van der Waals surface area (Å²) in [6, 6.07) is 37.7. The van der Waals surface area contributed by atoms with Crippen molar-refractivity contribution < 1.29 is 0 Å². The first-order valence-electron chi connectivity index (χ1n) is 14.9. The Balaban J connectivity index is 0.000000185. The van der Waals surface area contributed by atoms with Crippen LogP contribution in [0.4, 0.5) is 0 Å². The van der Waals surface area contributed by atoms with Crippen molar-refractivity contribution >= 4 is 102 Å². The number of hydrogen-bond acceptors (Lipinski definition) is 2. The van der Waals surface area contributed by atoms with Gasteiger partial charge in [0.1, 0.15) is 0 Å². The second kappa shape index (κ2) is 14.7. The first-order chi connectivity index (χ1) is 21.4. The standard InChI is InChI=1S/C19H16BrN.C19H17N.2CH4.BHNS/c1-3-12-8-9-14-15(10-12)17(20)11-16-13-6-4-5-7-18(13)21(2)19(14)16;1-3-13-8-10-15-14(12-13)9-11-17-16-6-4-5-7-18(16)20(2)19(15)17;;;1-2-3/h4-11H,3H2,1-2H3;4-12H,3H2,1-2H3;2*1H4;3H. The zero-order valence-electron chi connectivity index (χ0n) is 25.5. The molecule has 0 fully saturated rings. The Morgan fingerprint density at radius 2 is 1.04 bits per heavy atom. The summed E-state index contributed by atoms with van der Waals surface area (Å²) < 4.78 is 8.50. The molecule has 2 heterocycles. The number of para-hydroxylation sites is 2. The fourth-order valence-corrected chi connectivity index (χ4v) is 7.15. The molecule has 6 heteroatoms. The van der Waals surface area contributed by atoms with Crippen LogP contribution in [0.25, 0.3) is 65.2 Å². The van der Waals surface area contributed by atoms with E-state index < -0.39 is 0 Å². The van der Waals surface area contributed by atoms with Crippen LogP contribution in [0, 0.1) is 0 Å². The number of rotatable bonds is 2. The van der Waals surface area contributed by atoms with E-state index in [0.29, 0.717) is 0 Å². The van der Waals surface area contributed by atoms with Crippen molar-refractivity contribution in [3.63, 3.8) is 0 Å². The summed E-state index contributed by atoms with van der Waals surface area (Å²) in [4.78, 5) is 0. The number of fused-ring (bicyclic) bond motifs is 10. The molecule has 8 aromatic rings. The molecule has 233 valence electrons. The molecule has 0 N–H and O–H groups in total. The van der Waals surface area contributed by atoms with Crippen LogP contribution >= 0.6 is 28.7 Å². The van der Waals surface area contributed by atoms with Crippen LogP contribution in [-0.4, -0.2) is 16.8 Å². The molecule has 0 aliphatic heterocycles. The zero-order valence-corrected chi connectivity index (χ0v) is 28.0. The van der Waals surface area contributed by atoms with E-state index in [2.05, 4.69) is 181 Å². The van der Waals surface area contributed by atoms with Crippen LogP contribution in [0.15, 0.2) is 112 Å². The number of thiol groups is 1. The summed E-state index contributed by atoms with van der Waals surface area (Å²) in [5.74, 6) is 0. The fourth-order valence-electron chi connectivity index (χ4n) is 6.59. The molecule has 6 aromatic carbocycles. The predicted octanol–water partition coefficient (Wildman–Crippen LogP) is 12.3. The van der Waals surface area contributed by atoms with E-state index in [4.69, 9.17) is 0 Å². The molecular weight excluding hydrogens is 645 g/mol. The molecule has 2 aromatic heterocycles. The summed E-state index contributed by atoms with van der Waals surface area (Å²) in [6.07, 6.45) is 2.15. The summed E-state index contributed by atoms with van der Waals surface area (Å²) in [7, 11) is 8.66. The number of nitrogens with zero attached hydrogens (tertiary/aromatic N) is 3. The van der Waals surface area contributed by atoms with Gasteiger partial charge in [0.05, 0.1) is 11.0 Å². The fraction of sp³-hybridized carbons (Fsp3) is 0.200. The van der Waals surface area contributed by atoms with E-state index in [1.54, 1.807) is 0 Å². The molecule has 0 saturated carbocycles. The Morgan fingerprint density at radius 3 is 1.63 bits per heavy atom. The molecule has 8 rings (SSSR count). The van der Waals surface area contributed by atoms with Crippen LogP contribution in [0.2, 0.25) is 0 Å². The Morgan fingerprint density at radius 1 is 0.587 bits per heavy atom. The van der Waals surface area contributed by atoms with Crippen LogP contribution < -0.4 is 0 Å². The number of benzene rings is 6. The maximum atomic E-state index is 4.34. The molecule has 3 nitrogen and oxygen atoms in total. The average molecular weight is 688 g/mol. The molecule has 0 spiro atoms. The third kappa shape index (κ3) is 6.01. The van der Waals surface area contributed by atoms with E-state index in [1.165, 1.54) is 80.8 Å². The maximum absolute atomic E-state index is 4.34. The third-order valence-electron chi connectivity index (χ3n) is 8.78. The van der Waals surface area contributed by atoms with Crippen molar-refractivity contribution in [2.75, 3.05) is 0 Å². The van der Waals surface area contributed by atoms with Crippen LogP contribution in [0.5, 0.6) is 0 Å². The van der Waals surface area contributed by atoms with Gasteiger partial charge in [-0.1, -0.05) is 123 Å². The van der Waals surface area contributed by atoms with Crippen molar-refractivity contribution in [1.82, 2.24) is 9.13 Å². The van der Waals surface area contributed by atoms with Gasteiger partial charge >= 0.3 is 24.8 Å². The molecule has 0 saturated heterocycles. The van der Waals surface area contributed by atoms with Crippen molar-refractivity contribution in [1.29, 1.82) is 0 Å². The molecule has 0 bridgehead atoms. The van der Waals surface area contributed by atoms with Gasteiger partial charge in [-0.25, -0.2) is 0 Å². The molecule has 0 amide bonds. The van der Waals surface area contributed by atoms with E-state index in [9.17, 15) is 0 Å². The summed E-state index contributed by atoms with van der Waals surface area (Å²) in [5.41, 5.74) is 8.02. The van der Waals surface area contributed by atoms with E-state index in [1.807, 2.05) is 0 Å². The zero-order chi connectivity index (χ0) is 31.0. The van der Waals surface area contributed by atoms with Crippen molar-refractivity contribution in [2.24, 2.45) is 18.4 Å². The van der Waals surface area contributed by atoms with Gasteiger partial charge in [-0.2, -0.15) is 0 Å². The summed E-state index contributed by atoms with van der Waals surface area (Å²) in [5, 5.41) is 10.6. The molecule has 0 atom stereocenters. The van der Waals surface area contributed by atoms with Gasteiger partial charge in [0, 0.05) is 61.9 Å². The minimum absolute atomic E-state index is 0. The summed E-state index contributed by atoms with van der Waals surface area (Å²) in [6.45, 7) is 4.40. The van der Waals surface area contributed by atoms with Gasteiger partial charge in [-0.15, -0.1) is 0 Å².